The summed E-state index contributed by atoms with van der Waals surface area (Å²) in [4.78, 5) is -0.377. The van der Waals surface area contributed by atoms with Crippen molar-refractivity contribution >= 4 is 12.6 Å². The minimum Gasteiger partial charge on any atom is -0.508 e. The predicted molar refractivity (Wildman–Crippen MR) is 35.3 cm³/mol. The number of phenolic OH excluding ortho intramolecular Hbond substituents is 1. The van der Waals surface area contributed by atoms with Crippen molar-refractivity contribution in [3.63, 3.8) is 0 Å². The maximum Gasteiger partial charge on any atom is 0.143 e. The smallest absolute Gasteiger partial charge is 0.143 e. The zero-order valence-corrected chi connectivity index (χ0v) is 5.70. The lowest BCUT2D eigenvalue weighted by Gasteiger charge is -1.96. The monoisotopic (exact) mass is 162 g/mol. The number of aromatic hydroxyl groups is 1. The van der Waals surface area contributed by atoms with Crippen LogP contribution >= 0.6 is 12.6 Å². The van der Waals surface area contributed by atoms with Gasteiger partial charge < -0.3 is 5.11 Å². The fraction of sp³-hybridized carbons (Fsp3) is 0. The molecule has 0 aliphatic heterocycles. The van der Waals surface area contributed by atoms with E-state index in [0.717, 1.165) is 12.1 Å². The van der Waals surface area contributed by atoms with Crippen LogP contribution < -0.4 is 0 Å². The fourth-order valence-corrected chi connectivity index (χ4v) is 0.681. The second-order valence-electron chi connectivity index (χ2n) is 1.76. The third kappa shape index (κ3) is 1.21. The molecule has 1 nitrogen and oxygen atoms in total. The SMILES string of the molecule is Oc1cc(F)c(S)c(F)c1. The zero-order chi connectivity index (χ0) is 7.72. The van der Waals surface area contributed by atoms with Crippen LogP contribution in [0.25, 0.3) is 0 Å². The summed E-state index contributed by atoms with van der Waals surface area (Å²) in [6.45, 7) is 0. The van der Waals surface area contributed by atoms with E-state index in [1.54, 1.807) is 0 Å². The Balaban J connectivity index is 3.31. The van der Waals surface area contributed by atoms with Gasteiger partial charge in [0.25, 0.3) is 0 Å². The average molecular weight is 162 g/mol. The van der Waals surface area contributed by atoms with Crippen LogP contribution in [-0.4, -0.2) is 5.11 Å². The van der Waals surface area contributed by atoms with E-state index in [4.69, 9.17) is 5.11 Å². The first-order valence-corrected chi connectivity index (χ1v) is 2.93. The molecule has 1 N–H and O–H groups in total. The van der Waals surface area contributed by atoms with E-state index in [1.807, 2.05) is 0 Å². The number of halogens is 2. The highest BCUT2D eigenvalue weighted by molar-refractivity contribution is 7.80. The number of phenols is 1. The molecule has 0 spiro atoms. The zero-order valence-electron chi connectivity index (χ0n) is 4.81. The Kier molecular flexibility index (Phi) is 1.80. The summed E-state index contributed by atoms with van der Waals surface area (Å²) in [6, 6.07) is 1.59. The van der Waals surface area contributed by atoms with Gasteiger partial charge in [0, 0.05) is 12.1 Å². The highest BCUT2D eigenvalue weighted by Crippen LogP contribution is 2.21. The van der Waals surface area contributed by atoms with Crippen LogP contribution in [0.15, 0.2) is 17.0 Å². The van der Waals surface area contributed by atoms with E-state index in [9.17, 15) is 8.78 Å². The molecule has 1 rings (SSSR count). The summed E-state index contributed by atoms with van der Waals surface area (Å²) in [5.41, 5.74) is 0. The molecule has 4 heteroatoms. The molecule has 0 aromatic heterocycles. The van der Waals surface area contributed by atoms with Crippen LogP contribution in [0.1, 0.15) is 0 Å². The van der Waals surface area contributed by atoms with Crippen LogP contribution in [0, 0.1) is 11.6 Å². The van der Waals surface area contributed by atoms with Crippen LogP contribution in [0.4, 0.5) is 8.78 Å². The molecule has 0 radical (unpaired) electrons. The Morgan fingerprint density at radius 1 is 1.20 bits per heavy atom. The lowest BCUT2D eigenvalue weighted by molar-refractivity contribution is 0.453. The quantitative estimate of drug-likeness (QED) is 0.559. The largest absolute Gasteiger partial charge is 0.508 e. The van der Waals surface area contributed by atoms with E-state index in [1.165, 1.54) is 0 Å². The van der Waals surface area contributed by atoms with Crippen molar-refractivity contribution in [3.05, 3.63) is 23.8 Å². The average Bonchev–Trinajstić information content (AvgIpc) is 1.82. The van der Waals surface area contributed by atoms with E-state index >= 15 is 0 Å². The highest BCUT2D eigenvalue weighted by atomic mass is 32.1. The second-order valence-corrected chi connectivity index (χ2v) is 2.21. The molecule has 0 atom stereocenters. The molecular formula is C6H4F2OS. The summed E-state index contributed by atoms with van der Waals surface area (Å²) in [5.74, 6) is -2.16. The van der Waals surface area contributed by atoms with Gasteiger partial charge in [-0.05, 0) is 0 Å². The maximum absolute atomic E-state index is 12.4. The second kappa shape index (κ2) is 2.46. The molecule has 0 aliphatic rings. The van der Waals surface area contributed by atoms with Crippen molar-refractivity contribution in [2.75, 3.05) is 0 Å². The van der Waals surface area contributed by atoms with Gasteiger partial charge in [-0.2, -0.15) is 0 Å². The molecule has 0 aliphatic carbocycles. The number of hydrogen-bond donors (Lipinski definition) is 2. The first-order chi connectivity index (χ1) is 4.61. The highest BCUT2D eigenvalue weighted by Gasteiger charge is 2.05. The van der Waals surface area contributed by atoms with Gasteiger partial charge in [-0.1, -0.05) is 0 Å². The number of hydrogen-bond acceptors (Lipinski definition) is 2. The summed E-state index contributed by atoms with van der Waals surface area (Å²) in [6.07, 6.45) is 0. The number of benzene rings is 1. The third-order valence-electron chi connectivity index (χ3n) is 1.00. The fourth-order valence-electron chi connectivity index (χ4n) is 0.552. The topological polar surface area (TPSA) is 20.2 Å². The molecule has 0 heterocycles. The lowest BCUT2D eigenvalue weighted by Crippen LogP contribution is -1.82. The minimum atomic E-state index is -0.860. The van der Waals surface area contributed by atoms with Gasteiger partial charge >= 0.3 is 0 Å². The number of rotatable bonds is 0. The molecule has 0 saturated carbocycles. The Hall–Kier alpha value is -0.770. The van der Waals surface area contributed by atoms with Crippen molar-refractivity contribution < 1.29 is 13.9 Å². The molecule has 0 unspecified atom stereocenters. The molecule has 0 bridgehead atoms. The Labute approximate surface area is 61.7 Å². The Morgan fingerprint density at radius 2 is 1.60 bits per heavy atom. The van der Waals surface area contributed by atoms with Crippen molar-refractivity contribution in [2.45, 2.75) is 4.90 Å². The van der Waals surface area contributed by atoms with Gasteiger partial charge in [0.1, 0.15) is 17.4 Å². The Morgan fingerprint density at radius 3 is 2.00 bits per heavy atom. The first-order valence-electron chi connectivity index (χ1n) is 2.48. The lowest BCUT2D eigenvalue weighted by atomic mass is 10.3. The normalized spacial score (nSPS) is 9.90. The molecule has 10 heavy (non-hydrogen) atoms. The summed E-state index contributed by atoms with van der Waals surface area (Å²) in [5, 5.41) is 8.60. The molecular weight excluding hydrogens is 158 g/mol. The molecule has 0 amide bonds. The van der Waals surface area contributed by atoms with E-state index in [-0.39, 0.29) is 4.90 Å². The van der Waals surface area contributed by atoms with Gasteiger partial charge in [-0.3, -0.25) is 0 Å². The number of thiol groups is 1. The molecule has 0 saturated heterocycles. The van der Waals surface area contributed by atoms with Crippen LogP contribution in [0.2, 0.25) is 0 Å². The Bertz CT molecular complexity index is 239. The van der Waals surface area contributed by atoms with Crippen molar-refractivity contribution in [1.29, 1.82) is 0 Å². The molecule has 1 aromatic rings. The van der Waals surface area contributed by atoms with Crippen molar-refractivity contribution in [2.24, 2.45) is 0 Å². The summed E-state index contributed by atoms with van der Waals surface area (Å²) < 4.78 is 24.7. The van der Waals surface area contributed by atoms with Crippen LogP contribution in [0.3, 0.4) is 0 Å². The van der Waals surface area contributed by atoms with Gasteiger partial charge in [0.15, 0.2) is 0 Å². The predicted octanol–water partition coefficient (Wildman–Crippen LogP) is 1.96. The standard InChI is InChI=1S/C6H4F2OS/c7-4-1-3(9)2-5(8)6(4)10/h1-2,9-10H. The molecule has 1 aromatic carbocycles. The van der Waals surface area contributed by atoms with Crippen LogP contribution in [-0.2, 0) is 0 Å². The van der Waals surface area contributed by atoms with E-state index < -0.39 is 17.4 Å². The first kappa shape index (κ1) is 7.34. The van der Waals surface area contributed by atoms with Gasteiger partial charge in [-0.25, -0.2) is 8.78 Å². The minimum absolute atomic E-state index is 0.377. The summed E-state index contributed by atoms with van der Waals surface area (Å²) in [7, 11) is 0. The molecule has 0 fully saturated rings. The molecule has 54 valence electrons. The van der Waals surface area contributed by atoms with E-state index in [2.05, 4.69) is 12.6 Å². The van der Waals surface area contributed by atoms with Crippen LogP contribution in [0.5, 0.6) is 5.75 Å². The van der Waals surface area contributed by atoms with Crippen molar-refractivity contribution in [3.8, 4) is 5.75 Å². The van der Waals surface area contributed by atoms with Gasteiger partial charge in [0.2, 0.25) is 0 Å². The maximum atomic E-state index is 12.4. The summed E-state index contributed by atoms with van der Waals surface area (Å²) >= 11 is 3.50. The van der Waals surface area contributed by atoms with Gasteiger partial charge in [-0.15, -0.1) is 12.6 Å². The third-order valence-corrected chi connectivity index (χ3v) is 1.43. The van der Waals surface area contributed by atoms with Gasteiger partial charge in [0.05, 0.1) is 4.90 Å². The van der Waals surface area contributed by atoms with Crippen molar-refractivity contribution in [1.82, 2.24) is 0 Å². The van der Waals surface area contributed by atoms with E-state index in [0.29, 0.717) is 0 Å².